The molecule has 0 aliphatic rings. The van der Waals surface area contributed by atoms with E-state index in [1.54, 1.807) is 7.11 Å². The molecule has 0 radical (unpaired) electrons. The number of nitrogens with zero attached hydrogens (tertiary/aromatic N) is 2. The lowest BCUT2D eigenvalue weighted by Gasteiger charge is -2.22. The van der Waals surface area contributed by atoms with E-state index in [9.17, 15) is 0 Å². The maximum absolute atomic E-state index is 5.63. The van der Waals surface area contributed by atoms with Crippen molar-refractivity contribution in [2.24, 2.45) is 11.1 Å². The Hall–Kier alpha value is -1.88. The van der Waals surface area contributed by atoms with Crippen LogP contribution in [0.3, 0.4) is 0 Å². The van der Waals surface area contributed by atoms with E-state index in [1.165, 1.54) is 0 Å². The van der Waals surface area contributed by atoms with Crippen LogP contribution in [0.25, 0.3) is 11.4 Å². The summed E-state index contributed by atoms with van der Waals surface area (Å²) >= 11 is 0. The zero-order valence-corrected chi connectivity index (χ0v) is 12.9. The summed E-state index contributed by atoms with van der Waals surface area (Å²) in [5.74, 6) is 2.10. The van der Waals surface area contributed by atoms with Crippen LogP contribution in [-0.4, -0.2) is 23.8 Å². The second kappa shape index (κ2) is 6.72. The summed E-state index contributed by atoms with van der Waals surface area (Å²) in [6.07, 6.45) is 2.75. The first-order chi connectivity index (χ1) is 10.0. The van der Waals surface area contributed by atoms with Gasteiger partial charge in [0.2, 0.25) is 11.7 Å². The van der Waals surface area contributed by atoms with Crippen LogP contribution >= 0.6 is 0 Å². The molecule has 0 saturated heterocycles. The topological polar surface area (TPSA) is 74.2 Å². The molecular formula is C16H23N3O2. The Morgan fingerprint density at radius 1 is 1.19 bits per heavy atom. The molecule has 0 unspecified atom stereocenters. The minimum atomic E-state index is 0.198. The maximum atomic E-state index is 5.63. The standard InChI is InChI=1S/C16H23N3O2/c1-16(2,10-11-17)9-8-14-18-15(19-21-14)12-4-6-13(20-3)7-5-12/h4-7H,8-11,17H2,1-3H3. The largest absolute Gasteiger partial charge is 0.497 e. The monoisotopic (exact) mass is 289 g/mol. The molecule has 2 aromatic rings. The van der Waals surface area contributed by atoms with Crippen LogP contribution in [0, 0.1) is 5.41 Å². The Morgan fingerprint density at radius 2 is 1.90 bits per heavy atom. The number of methoxy groups -OCH3 is 1. The first-order valence-electron chi connectivity index (χ1n) is 7.21. The van der Waals surface area contributed by atoms with E-state index in [-0.39, 0.29) is 5.41 Å². The Balaban J connectivity index is 2.00. The summed E-state index contributed by atoms with van der Waals surface area (Å²) in [5, 5.41) is 4.04. The van der Waals surface area contributed by atoms with Crippen LogP contribution in [0.5, 0.6) is 5.75 Å². The minimum absolute atomic E-state index is 0.198. The highest BCUT2D eigenvalue weighted by atomic mass is 16.5. The highest BCUT2D eigenvalue weighted by Crippen LogP contribution is 2.26. The lowest BCUT2D eigenvalue weighted by Crippen LogP contribution is -2.17. The van der Waals surface area contributed by atoms with Gasteiger partial charge in [-0.1, -0.05) is 19.0 Å². The summed E-state index contributed by atoms with van der Waals surface area (Å²) in [7, 11) is 1.64. The van der Waals surface area contributed by atoms with E-state index >= 15 is 0 Å². The molecule has 5 heteroatoms. The predicted octanol–water partition coefficient (Wildman–Crippen LogP) is 3.05. The van der Waals surface area contributed by atoms with Crippen LogP contribution < -0.4 is 10.5 Å². The summed E-state index contributed by atoms with van der Waals surface area (Å²) in [5.41, 5.74) is 6.75. The third-order valence-corrected chi connectivity index (χ3v) is 3.65. The number of aryl methyl sites for hydroxylation is 1. The van der Waals surface area contributed by atoms with Gasteiger partial charge in [0.05, 0.1) is 7.11 Å². The van der Waals surface area contributed by atoms with Gasteiger partial charge in [-0.25, -0.2) is 0 Å². The highest BCUT2D eigenvalue weighted by Gasteiger charge is 2.18. The Kier molecular flexibility index (Phi) is 4.96. The van der Waals surface area contributed by atoms with Crippen molar-refractivity contribution in [2.45, 2.75) is 33.1 Å². The molecule has 1 aromatic carbocycles. The van der Waals surface area contributed by atoms with E-state index in [2.05, 4.69) is 24.0 Å². The molecule has 0 bridgehead atoms. The van der Waals surface area contributed by atoms with Crippen LogP contribution in [0.1, 0.15) is 32.6 Å². The van der Waals surface area contributed by atoms with Gasteiger partial charge in [-0.15, -0.1) is 0 Å². The lowest BCUT2D eigenvalue weighted by atomic mass is 9.84. The molecule has 0 saturated carbocycles. The fourth-order valence-electron chi connectivity index (χ4n) is 2.17. The van der Waals surface area contributed by atoms with E-state index in [1.807, 2.05) is 24.3 Å². The Bertz CT molecular complexity index is 561. The van der Waals surface area contributed by atoms with Crippen molar-refractivity contribution in [1.29, 1.82) is 0 Å². The molecule has 1 aromatic heterocycles. The zero-order chi connectivity index (χ0) is 15.3. The third kappa shape index (κ3) is 4.29. The molecule has 0 amide bonds. The van der Waals surface area contributed by atoms with Gasteiger partial charge in [-0.2, -0.15) is 4.98 Å². The van der Waals surface area contributed by atoms with Gasteiger partial charge >= 0.3 is 0 Å². The van der Waals surface area contributed by atoms with Crippen molar-refractivity contribution < 1.29 is 9.26 Å². The molecule has 0 aliphatic carbocycles. The molecular weight excluding hydrogens is 266 g/mol. The quantitative estimate of drug-likeness (QED) is 0.848. The van der Waals surface area contributed by atoms with Gasteiger partial charge in [-0.3, -0.25) is 0 Å². The molecule has 1 heterocycles. The van der Waals surface area contributed by atoms with Crippen molar-refractivity contribution in [3.8, 4) is 17.1 Å². The molecule has 114 valence electrons. The summed E-state index contributed by atoms with van der Waals surface area (Å²) in [6.45, 7) is 5.12. The number of hydrogen-bond acceptors (Lipinski definition) is 5. The smallest absolute Gasteiger partial charge is 0.226 e. The number of ether oxygens (including phenoxy) is 1. The van der Waals surface area contributed by atoms with E-state index in [4.69, 9.17) is 15.0 Å². The Labute approximate surface area is 125 Å². The minimum Gasteiger partial charge on any atom is -0.497 e. The number of rotatable bonds is 7. The van der Waals surface area contributed by atoms with Crippen LogP contribution in [-0.2, 0) is 6.42 Å². The Morgan fingerprint density at radius 3 is 2.52 bits per heavy atom. The second-order valence-electron chi connectivity index (χ2n) is 5.94. The van der Waals surface area contributed by atoms with Gasteiger partial charge < -0.3 is 15.0 Å². The van der Waals surface area contributed by atoms with Crippen molar-refractivity contribution in [2.75, 3.05) is 13.7 Å². The third-order valence-electron chi connectivity index (χ3n) is 3.65. The first-order valence-corrected chi connectivity index (χ1v) is 7.21. The van der Waals surface area contributed by atoms with Gasteiger partial charge in [-0.05, 0) is 49.1 Å². The maximum Gasteiger partial charge on any atom is 0.226 e. The number of hydrogen-bond donors (Lipinski definition) is 1. The van der Waals surface area contributed by atoms with Gasteiger partial charge in [0.25, 0.3) is 0 Å². The number of aromatic nitrogens is 2. The molecule has 0 atom stereocenters. The molecule has 0 fully saturated rings. The lowest BCUT2D eigenvalue weighted by molar-refractivity contribution is 0.289. The molecule has 5 nitrogen and oxygen atoms in total. The molecule has 0 aliphatic heterocycles. The van der Waals surface area contributed by atoms with E-state index < -0.39 is 0 Å². The van der Waals surface area contributed by atoms with Crippen molar-refractivity contribution in [1.82, 2.24) is 10.1 Å². The van der Waals surface area contributed by atoms with Crippen LogP contribution in [0.4, 0.5) is 0 Å². The molecule has 0 spiro atoms. The summed E-state index contributed by atoms with van der Waals surface area (Å²) in [6, 6.07) is 7.61. The average Bonchev–Trinajstić information content (AvgIpc) is 2.94. The van der Waals surface area contributed by atoms with Crippen LogP contribution in [0.15, 0.2) is 28.8 Å². The summed E-state index contributed by atoms with van der Waals surface area (Å²) < 4.78 is 10.5. The average molecular weight is 289 g/mol. The van der Waals surface area contributed by atoms with Crippen molar-refractivity contribution >= 4 is 0 Å². The van der Waals surface area contributed by atoms with E-state index in [0.717, 1.165) is 30.6 Å². The molecule has 21 heavy (non-hydrogen) atoms. The number of benzene rings is 1. The van der Waals surface area contributed by atoms with Crippen LogP contribution in [0.2, 0.25) is 0 Å². The van der Waals surface area contributed by atoms with Crippen molar-refractivity contribution in [3.63, 3.8) is 0 Å². The van der Waals surface area contributed by atoms with Crippen molar-refractivity contribution in [3.05, 3.63) is 30.2 Å². The molecule has 2 rings (SSSR count). The normalized spacial score (nSPS) is 11.6. The second-order valence-corrected chi connectivity index (χ2v) is 5.94. The first kappa shape index (κ1) is 15.5. The summed E-state index contributed by atoms with van der Waals surface area (Å²) in [4.78, 5) is 4.45. The fraction of sp³-hybridized carbons (Fsp3) is 0.500. The fourth-order valence-corrected chi connectivity index (χ4v) is 2.17. The number of nitrogens with two attached hydrogens (primary N) is 1. The van der Waals surface area contributed by atoms with Gasteiger partial charge in [0.15, 0.2) is 0 Å². The highest BCUT2D eigenvalue weighted by molar-refractivity contribution is 5.55. The van der Waals surface area contributed by atoms with E-state index in [0.29, 0.717) is 18.3 Å². The van der Waals surface area contributed by atoms with Gasteiger partial charge in [0.1, 0.15) is 5.75 Å². The SMILES string of the molecule is COc1ccc(-c2noc(CCC(C)(C)CCN)n2)cc1. The molecule has 2 N–H and O–H groups in total. The predicted molar refractivity (Wildman–Crippen MR) is 82.1 cm³/mol. The van der Waals surface area contributed by atoms with Gasteiger partial charge in [0, 0.05) is 12.0 Å². The zero-order valence-electron chi connectivity index (χ0n) is 12.9.